The number of nitrogens with one attached hydrogen (secondary N) is 1. The second kappa shape index (κ2) is 11.4. The number of nitrogens with zero attached hydrogens (tertiary/aromatic N) is 1. The fraction of sp³-hybridized carbons (Fsp3) is 0.242. The maximum atomic E-state index is 13.5. The number of hydrogen-bond donors (Lipinski definition) is 1. The highest BCUT2D eigenvalue weighted by Gasteiger charge is 2.12. The van der Waals surface area contributed by atoms with E-state index in [0.29, 0.717) is 0 Å². The number of aryl methyl sites for hydroxylation is 1. The van der Waals surface area contributed by atoms with Crippen molar-refractivity contribution in [2.45, 2.75) is 53.6 Å². The van der Waals surface area contributed by atoms with Gasteiger partial charge in [0.1, 0.15) is 5.82 Å². The molecule has 4 heteroatoms. The number of rotatable bonds is 7. The van der Waals surface area contributed by atoms with Gasteiger partial charge in [-0.3, -0.25) is 4.79 Å². The van der Waals surface area contributed by atoms with Gasteiger partial charge in [-0.05, 0) is 85.4 Å². The molecule has 1 atom stereocenters. The quantitative estimate of drug-likeness (QED) is 0.330. The molecule has 0 aliphatic heterocycles. The molecule has 1 aromatic heterocycles. The number of carbonyl (C=O) groups is 1. The monoisotopic (exact) mass is 494 g/mol. The van der Waals surface area contributed by atoms with E-state index in [0.717, 1.165) is 22.7 Å². The molecule has 4 rings (SSSR count). The first-order valence-corrected chi connectivity index (χ1v) is 12.8. The van der Waals surface area contributed by atoms with Crippen molar-refractivity contribution >= 4 is 18.1 Å². The highest BCUT2D eigenvalue weighted by Crippen LogP contribution is 2.23. The second-order valence-corrected chi connectivity index (χ2v) is 9.65. The molecule has 0 bridgehead atoms. The Morgan fingerprint density at radius 3 is 2.41 bits per heavy atom. The Kier molecular flexibility index (Phi) is 8.08. The molecular formula is C33H35FN2O. The lowest BCUT2D eigenvalue weighted by molar-refractivity contribution is -0.120. The summed E-state index contributed by atoms with van der Waals surface area (Å²) in [6, 6.07) is 23.3. The minimum atomic E-state index is -0.300. The summed E-state index contributed by atoms with van der Waals surface area (Å²) in [6.45, 7) is 11.0. The van der Waals surface area contributed by atoms with Crippen LogP contribution in [0.1, 0.15) is 54.3 Å². The number of carbonyl (C=O) groups excluding carboxylic acids is 1. The normalized spacial score (nSPS) is 13.1. The molecule has 4 aromatic rings. The zero-order valence-electron chi connectivity index (χ0n) is 22.3. The minimum absolute atomic E-state index is 0.0876. The largest absolute Gasteiger partial charge is 0.349 e. The molecular weight excluding hydrogens is 459 g/mol. The Labute approximate surface area is 219 Å². The summed E-state index contributed by atoms with van der Waals surface area (Å²) in [6.07, 6.45) is 4.37. The molecule has 1 N–H and O–H groups in total. The van der Waals surface area contributed by atoms with Gasteiger partial charge in [0.15, 0.2) is 0 Å². The Morgan fingerprint density at radius 2 is 1.73 bits per heavy atom. The molecule has 0 saturated carbocycles. The average molecular weight is 495 g/mol. The zero-order chi connectivity index (χ0) is 26.5. The third-order valence-electron chi connectivity index (χ3n) is 7.16. The van der Waals surface area contributed by atoms with Crippen molar-refractivity contribution in [3.63, 3.8) is 0 Å². The maximum Gasteiger partial charge on any atom is 0.224 e. The zero-order valence-corrected chi connectivity index (χ0v) is 22.3. The Hall–Kier alpha value is -3.92. The van der Waals surface area contributed by atoms with Crippen molar-refractivity contribution in [1.29, 1.82) is 0 Å². The minimum Gasteiger partial charge on any atom is -0.349 e. The summed E-state index contributed by atoms with van der Waals surface area (Å²) in [5, 5.41) is 5.18. The predicted molar refractivity (Wildman–Crippen MR) is 151 cm³/mol. The molecule has 0 spiro atoms. The van der Waals surface area contributed by atoms with E-state index in [-0.39, 0.29) is 24.2 Å². The van der Waals surface area contributed by atoms with Crippen LogP contribution in [0.5, 0.6) is 0 Å². The lowest BCUT2D eigenvalue weighted by Gasteiger charge is -2.13. The molecule has 190 valence electrons. The van der Waals surface area contributed by atoms with Crippen LogP contribution in [0, 0.1) is 26.6 Å². The number of benzene rings is 3. The van der Waals surface area contributed by atoms with Crippen LogP contribution in [0.3, 0.4) is 0 Å². The fourth-order valence-electron chi connectivity index (χ4n) is 4.91. The summed E-state index contributed by atoms with van der Waals surface area (Å²) in [5.74, 6) is -0.388. The number of amides is 1. The van der Waals surface area contributed by atoms with Crippen LogP contribution in [-0.4, -0.2) is 10.5 Å². The topological polar surface area (TPSA) is 34.0 Å². The summed E-state index contributed by atoms with van der Waals surface area (Å²) >= 11 is 0. The van der Waals surface area contributed by atoms with Crippen LogP contribution in [0.15, 0.2) is 72.8 Å². The molecule has 1 heterocycles. The van der Waals surface area contributed by atoms with Crippen molar-refractivity contribution in [3.8, 4) is 11.1 Å². The standard InChI is InChI=1S/C33H35FN2O/c1-6-32-31(18-19-33(37)35-24(4)28-11-9-12-29(34)20-28)23(3)25(5)36(32)21-26-14-16-27(17-15-26)30-13-8-7-10-22(30)2/h6-18,20,24H,19,21H2,1-5H3,(H,35,37). The van der Waals surface area contributed by atoms with Crippen LogP contribution in [0.2, 0.25) is 0 Å². The Bertz CT molecular complexity index is 1530. The SMILES string of the molecule is CC=c1c(=CCC(=O)NC(C)c2cccc(F)c2)c(C)c(C)n1Cc1ccc(-c2ccccc2C)cc1. The van der Waals surface area contributed by atoms with Crippen LogP contribution >= 0.6 is 0 Å². The van der Waals surface area contributed by atoms with Gasteiger partial charge in [-0.25, -0.2) is 4.39 Å². The van der Waals surface area contributed by atoms with Crippen LogP contribution in [0.4, 0.5) is 4.39 Å². The predicted octanol–water partition coefficient (Wildman–Crippen LogP) is 6.12. The highest BCUT2D eigenvalue weighted by molar-refractivity contribution is 5.81. The fourth-order valence-corrected chi connectivity index (χ4v) is 4.91. The second-order valence-electron chi connectivity index (χ2n) is 9.65. The molecule has 3 nitrogen and oxygen atoms in total. The van der Waals surface area contributed by atoms with Crippen molar-refractivity contribution in [2.24, 2.45) is 0 Å². The molecule has 0 saturated heterocycles. The van der Waals surface area contributed by atoms with Crippen molar-refractivity contribution in [3.05, 3.63) is 117 Å². The first-order chi connectivity index (χ1) is 17.8. The molecule has 3 aromatic carbocycles. The Balaban J connectivity index is 1.53. The lowest BCUT2D eigenvalue weighted by atomic mass is 9.99. The van der Waals surface area contributed by atoms with E-state index in [4.69, 9.17) is 0 Å². The number of hydrogen-bond acceptors (Lipinski definition) is 1. The van der Waals surface area contributed by atoms with Crippen LogP contribution in [0.25, 0.3) is 23.3 Å². The first kappa shape index (κ1) is 26.2. The van der Waals surface area contributed by atoms with Gasteiger partial charge in [0, 0.05) is 24.0 Å². The molecule has 0 aliphatic rings. The van der Waals surface area contributed by atoms with Crippen LogP contribution < -0.4 is 15.9 Å². The van der Waals surface area contributed by atoms with Crippen molar-refractivity contribution in [2.75, 3.05) is 0 Å². The summed E-state index contributed by atoms with van der Waals surface area (Å²) in [5.41, 5.74) is 8.09. The third kappa shape index (κ3) is 5.91. The third-order valence-corrected chi connectivity index (χ3v) is 7.16. The van der Waals surface area contributed by atoms with Gasteiger partial charge in [-0.15, -0.1) is 0 Å². The van der Waals surface area contributed by atoms with E-state index in [1.807, 2.05) is 26.0 Å². The lowest BCUT2D eigenvalue weighted by Crippen LogP contribution is -2.31. The molecule has 0 radical (unpaired) electrons. The van der Waals surface area contributed by atoms with E-state index in [1.165, 1.54) is 45.6 Å². The first-order valence-electron chi connectivity index (χ1n) is 12.8. The summed E-state index contributed by atoms with van der Waals surface area (Å²) < 4.78 is 15.9. The van der Waals surface area contributed by atoms with Gasteiger partial charge in [-0.1, -0.05) is 72.8 Å². The van der Waals surface area contributed by atoms with E-state index in [2.05, 4.69) is 85.3 Å². The average Bonchev–Trinajstić information content (AvgIpc) is 3.12. The van der Waals surface area contributed by atoms with E-state index >= 15 is 0 Å². The van der Waals surface area contributed by atoms with Gasteiger partial charge < -0.3 is 9.88 Å². The molecule has 0 aliphatic carbocycles. The number of halogens is 1. The van der Waals surface area contributed by atoms with Gasteiger partial charge >= 0.3 is 0 Å². The van der Waals surface area contributed by atoms with E-state index in [1.54, 1.807) is 6.07 Å². The van der Waals surface area contributed by atoms with E-state index in [9.17, 15) is 9.18 Å². The van der Waals surface area contributed by atoms with Gasteiger partial charge in [0.25, 0.3) is 0 Å². The molecule has 1 unspecified atom stereocenters. The highest BCUT2D eigenvalue weighted by atomic mass is 19.1. The molecule has 0 fully saturated rings. The molecule has 37 heavy (non-hydrogen) atoms. The van der Waals surface area contributed by atoms with Gasteiger partial charge in [0.05, 0.1) is 6.04 Å². The van der Waals surface area contributed by atoms with Crippen molar-refractivity contribution in [1.82, 2.24) is 9.88 Å². The molecule has 1 amide bonds. The number of aromatic nitrogens is 1. The summed E-state index contributed by atoms with van der Waals surface area (Å²) in [4.78, 5) is 12.7. The van der Waals surface area contributed by atoms with Gasteiger partial charge in [-0.2, -0.15) is 0 Å². The maximum absolute atomic E-state index is 13.5. The van der Waals surface area contributed by atoms with E-state index < -0.39 is 0 Å². The van der Waals surface area contributed by atoms with Gasteiger partial charge in [0.2, 0.25) is 5.91 Å². The smallest absolute Gasteiger partial charge is 0.224 e. The van der Waals surface area contributed by atoms with Crippen molar-refractivity contribution < 1.29 is 9.18 Å². The summed E-state index contributed by atoms with van der Waals surface area (Å²) in [7, 11) is 0. The van der Waals surface area contributed by atoms with Crippen LogP contribution in [-0.2, 0) is 11.3 Å². The Morgan fingerprint density at radius 1 is 1.00 bits per heavy atom.